The van der Waals surface area contributed by atoms with Gasteiger partial charge in [0.2, 0.25) is 0 Å². The second kappa shape index (κ2) is 7.11. The molecule has 0 spiro atoms. The first-order valence-electron chi connectivity index (χ1n) is 9.21. The predicted octanol–water partition coefficient (Wildman–Crippen LogP) is 4.17. The molecular formula is C21H27NO3. The molecule has 0 atom stereocenters. The Kier molecular flexibility index (Phi) is 5.07. The Morgan fingerprint density at radius 2 is 2.00 bits per heavy atom. The van der Waals surface area contributed by atoms with Gasteiger partial charge in [0.15, 0.2) is 6.29 Å². The number of aliphatic imine (C=N–C) groups is 1. The van der Waals surface area contributed by atoms with Crippen molar-refractivity contribution in [1.82, 2.24) is 0 Å². The van der Waals surface area contributed by atoms with Gasteiger partial charge >= 0.3 is 0 Å². The van der Waals surface area contributed by atoms with Gasteiger partial charge in [0.05, 0.1) is 23.9 Å². The molecule has 1 aromatic rings. The Morgan fingerprint density at radius 3 is 2.64 bits per heavy atom. The fourth-order valence-corrected chi connectivity index (χ4v) is 4.12. The van der Waals surface area contributed by atoms with Gasteiger partial charge in [-0.15, -0.1) is 0 Å². The number of methoxy groups -OCH3 is 1. The largest absolute Gasteiger partial charge is 0.496 e. The second-order valence-electron chi connectivity index (χ2n) is 7.89. The lowest BCUT2D eigenvalue weighted by molar-refractivity contribution is -0.122. The van der Waals surface area contributed by atoms with Gasteiger partial charge in [-0.05, 0) is 50.8 Å². The Bertz CT molecular complexity index is 712. The number of hydrogen-bond acceptors (Lipinski definition) is 4. The van der Waals surface area contributed by atoms with Crippen LogP contribution in [-0.2, 0) is 11.2 Å². The normalized spacial score (nSPS) is 19.7. The van der Waals surface area contributed by atoms with Gasteiger partial charge < -0.3 is 4.74 Å². The molecule has 0 saturated heterocycles. The maximum atomic E-state index is 12.8. The molecule has 0 bridgehead atoms. The number of ether oxygens (including phenoxy) is 1. The first-order chi connectivity index (χ1) is 11.9. The highest BCUT2D eigenvalue weighted by atomic mass is 16.5. The van der Waals surface area contributed by atoms with Crippen molar-refractivity contribution in [3.8, 4) is 5.75 Å². The number of carbonyl (C=O) groups excluding carboxylic acids is 2. The molecular weight excluding hydrogens is 314 g/mol. The number of fused-ring (bicyclic) bond motifs is 1. The summed E-state index contributed by atoms with van der Waals surface area (Å²) in [7, 11) is 1.57. The lowest BCUT2D eigenvalue weighted by Crippen LogP contribution is -2.31. The van der Waals surface area contributed by atoms with Crippen LogP contribution in [0.25, 0.3) is 0 Å². The summed E-state index contributed by atoms with van der Waals surface area (Å²) in [5.41, 5.74) is 3.13. The average molecular weight is 341 g/mol. The molecule has 0 aromatic heterocycles. The lowest BCUT2D eigenvalue weighted by Gasteiger charge is -2.30. The van der Waals surface area contributed by atoms with Gasteiger partial charge in [-0.1, -0.05) is 19.3 Å². The maximum Gasteiger partial charge on any atom is 0.153 e. The number of carbonyl (C=O) groups is 2. The number of benzene rings is 1. The van der Waals surface area contributed by atoms with E-state index in [0.717, 1.165) is 55.2 Å². The highest BCUT2D eigenvalue weighted by molar-refractivity contribution is 6.13. The smallest absolute Gasteiger partial charge is 0.153 e. The van der Waals surface area contributed by atoms with E-state index in [0.29, 0.717) is 23.5 Å². The van der Waals surface area contributed by atoms with Gasteiger partial charge in [0.1, 0.15) is 11.5 Å². The zero-order chi connectivity index (χ0) is 18.0. The van der Waals surface area contributed by atoms with Crippen LogP contribution in [-0.4, -0.2) is 30.4 Å². The second-order valence-corrected chi connectivity index (χ2v) is 7.89. The Hall–Kier alpha value is -1.97. The molecule has 4 nitrogen and oxygen atoms in total. The van der Waals surface area contributed by atoms with E-state index in [1.807, 2.05) is 12.1 Å². The van der Waals surface area contributed by atoms with Crippen LogP contribution in [0.1, 0.15) is 73.9 Å². The van der Waals surface area contributed by atoms with Gasteiger partial charge in [-0.2, -0.15) is 0 Å². The number of hydrogen-bond donors (Lipinski definition) is 0. The highest BCUT2D eigenvalue weighted by Gasteiger charge is 2.30. The van der Waals surface area contributed by atoms with E-state index in [1.165, 1.54) is 6.42 Å². The summed E-state index contributed by atoms with van der Waals surface area (Å²) >= 11 is 0. The van der Waals surface area contributed by atoms with Gasteiger partial charge in [-0.25, -0.2) is 0 Å². The van der Waals surface area contributed by atoms with Crippen molar-refractivity contribution in [2.75, 3.05) is 7.11 Å². The van der Waals surface area contributed by atoms with Crippen LogP contribution in [0, 0.1) is 5.92 Å². The number of rotatable bonds is 5. The van der Waals surface area contributed by atoms with Crippen molar-refractivity contribution in [1.29, 1.82) is 0 Å². The van der Waals surface area contributed by atoms with E-state index in [4.69, 9.17) is 9.73 Å². The summed E-state index contributed by atoms with van der Waals surface area (Å²) in [6.45, 7) is 4.17. The summed E-state index contributed by atoms with van der Waals surface area (Å²) in [6.07, 6.45) is 7.50. The van der Waals surface area contributed by atoms with Crippen LogP contribution in [0.3, 0.4) is 0 Å². The topological polar surface area (TPSA) is 55.7 Å². The quantitative estimate of drug-likeness (QED) is 0.755. The molecule has 0 amide bonds. The van der Waals surface area contributed by atoms with E-state index in [2.05, 4.69) is 13.8 Å². The lowest BCUT2D eigenvalue weighted by atomic mass is 9.81. The third-order valence-electron chi connectivity index (χ3n) is 5.36. The van der Waals surface area contributed by atoms with Crippen LogP contribution in [0.15, 0.2) is 17.1 Å². The van der Waals surface area contributed by atoms with Gasteiger partial charge in [0.25, 0.3) is 0 Å². The molecule has 3 rings (SSSR count). The Balaban J connectivity index is 1.94. The van der Waals surface area contributed by atoms with Crippen molar-refractivity contribution in [2.45, 2.75) is 64.3 Å². The molecule has 1 aliphatic carbocycles. The monoisotopic (exact) mass is 341 g/mol. The van der Waals surface area contributed by atoms with Crippen LogP contribution in [0.2, 0.25) is 0 Å². The summed E-state index contributed by atoms with van der Waals surface area (Å²) < 4.78 is 5.34. The van der Waals surface area contributed by atoms with Crippen LogP contribution in [0.5, 0.6) is 5.75 Å². The first-order valence-corrected chi connectivity index (χ1v) is 9.21. The summed E-state index contributed by atoms with van der Waals surface area (Å²) in [6, 6.07) is 3.77. The molecule has 1 aliphatic heterocycles. The molecule has 1 saturated carbocycles. The van der Waals surface area contributed by atoms with Crippen molar-refractivity contribution in [2.24, 2.45) is 10.9 Å². The Labute approximate surface area is 149 Å². The summed E-state index contributed by atoms with van der Waals surface area (Å²) in [5.74, 6) is 1.06. The molecule has 25 heavy (non-hydrogen) atoms. The zero-order valence-corrected chi connectivity index (χ0v) is 15.4. The fourth-order valence-electron chi connectivity index (χ4n) is 4.12. The highest BCUT2D eigenvalue weighted by Crippen LogP contribution is 2.33. The zero-order valence-electron chi connectivity index (χ0n) is 15.4. The average Bonchev–Trinajstić information content (AvgIpc) is 2.60. The van der Waals surface area contributed by atoms with Crippen molar-refractivity contribution < 1.29 is 14.3 Å². The van der Waals surface area contributed by atoms with E-state index in [9.17, 15) is 9.59 Å². The SMILES string of the molecule is COc1cc2c(cc1C=O)C(CC(=O)C1CCCCC1)=NC(C)(C)C2. The number of nitrogens with zero attached hydrogens (tertiary/aromatic N) is 1. The molecule has 2 aliphatic rings. The molecule has 4 heteroatoms. The van der Waals surface area contributed by atoms with Crippen molar-refractivity contribution in [3.63, 3.8) is 0 Å². The number of Topliss-reactive ketones (excluding diaryl/α,β-unsaturated/α-hetero) is 1. The van der Waals surface area contributed by atoms with E-state index >= 15 is 0 Å². The molecule has 1 aromatic carbocycles. The molecule has 0 radical (unpaired) electrons. The minimum Gasteiger partial charge on any atom is -0.496 e. The molecule has 0 N–H and O–H groups in total. The van der Waals surface area contributed by atoms with Gasteiger partial charge in [0, 0.05) is 17.9 Å². The third kappa shape index (κ3) is 3.83. The minimum absolute atomic E-state index is 0.175. The number of aldehydes is 1. The van der Waals surface area contributed by atoms with Crippen LogP contribution >= 0.6 is 0 Å². The van der Waals surface area contributed by atoms with E-state index < -0.39 is 0 Å². The van der Waals surface area contributed by atoms with Crippen molar-refractivity contribution in [3.05, 3.63) is 28.8 Å². The molecule has 1 heterocycles. The van der Waals surface area contributed by atoms with Crippen LogP contribution < -0.4 is 4.74 Å². The Morgan fingerprint density at radius 1 is 1.28 bits per heavy atom. The van der Waals surface area contributed by atoms with E-state index in [1.54, 1.807) is 7.11 Å². The first kappa shape index (κ1) is 17.8. The maximum absolute atomic E-state index is 12.8. The minimum atomic E-state index is -0.247. The van der Waals surface area contributed by atoms with Gasteiger partial charge in [-0.3, -0.25) is 14.6 Å². The number of ketones is 1. The third-order valence-corrected chi connectivity index (χ3v) is 5.36. The standard InChI is InChI=1S/C21H27NO3/c1-21(2)12-15-10-20(25-3)16(13-23)9-17(15)18(22-21)11-19(24)14-7-5-4-6-8-14/h9-10,13-14H,4-8,11-12H2,1-3H3. The summed E-state index contributed by atoms with van der Waals surface area (Å²) in [4.78, 5) is 29.0. The molecule has 134 valence electrons. The van der Waals surface area contributed by atoms with E-state index in [-0.39, 0.29) is 11.5 Å². The molecule has 0 unspecified atom stereocenters. The van der Waals surface area contributed by atoms with Crippen molar-refractivity contribution >= 4 is 17.8 Å². The van der Waals surface area contributed by atoms with Crippen LogP contribution in [0.4, 0.5) is 0 Å². The molecule has 1 fully saturated rings. The predicted molar refractivity (Wildman–Crippen MR) is 98.9 cm³/mol. The summed E-state index contributed by atoms with van der Waals surface area (Å²) in [5, 5.41) is 0. The fraction of sp³-hybridized carbons (Fsp3) is 0.571.